The van der Waals surface area contributed by atoms with Gasteiger partial charge in [-0.25, -0.2) is 4.84 Å². The van der Waals surface area contributed by atoms with Crippen LogP contribution in [0.25, 0.3) is 0 Å². The van der Waals surface area contributed by atoms with Crippen molar-refractivity contribution in [2.75, 3.05) is 13.1 Å². The molecule has 1 saturated heterocycles. The Kier molecular flexibility index (Phi) is 2.59. The van der Waals surface area contributed by atoms with Gasteiger partial charge < -0.3 is 5.32 Å². The van der Waals surface area contributed by atoms with Crippen molar-refractivity contribution >= 4 is 11.8 Å². The van der Waals surface area contributed by atoms with Gasteiger partial charge in [0.05, 0.1) is 0 Å². The first kappa shape index (κ1) is 6.33. The van der Waals surface area contributed by atoms with Crippen molar-refractivity contribution in [3.63, 3.8) is 0 Å². The molecule has 1 rings (SSSR count). The van der Waals surface area contributed by atoms with Gasteiger partial charge in [0.25, 0.3) is 0 Å². The highest BCUT2D eigenvalue weighted by atomic mass is 35.5. The van der Waals surface area contributed by atoms with Crippen molar-refractivity contribution in [3.05, 3.63) is 0 Å². The van der Waals surface area contributed by atoms with Crippen molar-refractivity contribution in [2.24, 2.45) is 0 Å². The van der Waals surface area contributed by atoms with E-state index in [2.05, 4.69) is 10.2 Å². The standard InChI is InChI=1S/C5H11ClN2/c6-8-5-1-3-7-4-2-5/h5,7-8H,1-4H2. The lowest BCUT2D eigenvalue weighted by molar-refractivity contribution is 0.436. The summed E-state index contributed by atoms with van der Waals surface area (Å²) in [4.78, 5) is 2.74. The molecule has 0 aromatic carbocycles. The van der Waals surface area contributed by atoms with E-state index in [0.29, 0.717) is 6.04 Å². The monoisotopic (exact) mass is 134 g/mol. The van der Waals surface area contributed by atoms with Crippen molar-refractivity contribution in [1.82, 2.24) is 10.2 Å². The summed E-state index contributed by atoms with van der Waals surface area (Å²) >= 11 is 5.40. The van der Waals surface area contributed by atoms with E-state index in [9.17, 15) is 0 Å². The van der Waals surface area contributed by atoms with Crippen LogP contribution in [-0.2, 0) is 0 Å². The molecule has 2 N–H and O–H groups in total. The third-order valence-corrected chi connectivity index (χ3v) is 1.80. The summed E-state index contributed by atoms with van der Waals surface area (Å²) < 4.78 is 0. The summed E-state index contributed by atoms with van der Waals surface area (Å²) in [6, 6.07) is 0.540. The van der Waals surface area contributed by atoms with E-state index in [-0.39, 0.29) is 0 Å². The molecular weight excluding hydrogens is 124 g/mol. The molecule has 0 bridgehead atoms. The number of nitrogens with one attached hydrogen (secondary N) is 2. The van der Waals surface area contributed by atoms with Crippen LogP contribution >= 0.6 is 11.8 Å². The van der Waals surface area contributed by atoms with E-state index in [1.54, 1.807) is 0 Å². The molecule has 0 aliphatic carbocycles. The lowest BCUT2D eigenvalue weighted by Crippen LogP contribution is -2.36. The lowest BCUT2D eigenvalue weighted by atomic mass is 10.1. The highest BCUT2D eigenvalue weighted by Gasteiger charge is 2.09. The molecule has 3 heteroatoms. The minimum absolute atomic E-state index is 0.540. The zero-order valence-electron chi connectivity index (χ0n) is 4.78. The molecule has 1 aliphatic rings. The summed E-state index contributed by atoms with van der Waals surface area (Å²) in [5.74, 6) is 0. The van der Waals surface area contributed by atoms with Crippen LogP contribution in [0.15, 0.2) is 0 Å². The molecule has 2 nitrogen and oxygen atoms in total. The van der Waals surface area contributed by atoms with Gasteiger partial charge in [-0.05, 0) is 37.7 Å². The Bertz CT molecular complexity index is 61.4. The van der Waals surface area contributed by atoms with Crippen LogP contribution in [0.2, 0.25) is 0 Å². The fourth-order valence-electron chi connectivity index (χ4n) is 0.931. The molecule has 0 spiro atoms. The Morgan fingerprint density at radius 1 is 1.38 bits per heavy atom. The molecular formula is C5H11ClN2. The second-order valence-electron chi connectivity index (χ2n) is 2.13. The third kappa shape index (κ3) is 1.62. The summed E-state index contributed by atoms with van der Waals surface area (Å²) in [7, 11) is 0. The number of piperidine rings is 1. The van der Waals surface area contributed by atoms with E-state index in [0.717, 1.165) is 25.9 Å². The van der Waals surface area contributed by atoms with Crippen LogP contribution in [0.5, 0.6) is 0 Å². The Morgan fingerprint density at radius 3 is 2.38 bits per heavy atom. The third-order valence-electron chi connectivity index (χ3n) is 1.49. The SMILES string of the molecule is ClNC1CCNCC1. The van der Waals surface area contributed by atoms with Crippen LogP contribution in [-0.4, -0.2) is 19.1 Å². The van der Waals surface area contributed by atoms with E-state index >= 15 is 0 Å². The first-order valence-corrected chi connectivity index (χ1v) is 3.38. The highest BCUT2D eigenvalue weighted by molar-refractivity contribution is 6.13. The molecule has 1 heterocycles. The first-order chi connectivity index (χ1) is 3.93. The van der Waals surface area contributed by atoms with Crippen LogP contribution in [0.1, 0.15) is 12.8 Å². The second-order valence-corrected chi connectivity index (χ2v) is 2.35. The molecule has 0 unspecified atom stereocenters. The zero-order valence-corrected chi connectivity index (χ0v) is 5.54. The molecule has 0 aromatic rings. The van der Waals surface area contributed by atoms with Gasteiger partial charge in [0.2, 0.25) is 0 Å². The van der Waals surface area contributed by atoms with Gasteiger partial charge in [-0.15, -0.1) is 0 Å². The molecule has 0 amide bonds. The Labute approximate surface area is 54.7 Å². The maximum absolute atomic E-state index is 5.40. The van der Waals surface area contributed by atoms with Crippen molar-refractivity contribution in [2.45, 2.75) is 18.9 Å². The average Bonchev–Trinajstić information content (AvgIpc) is 1.90. The van der Waals surface area contributed by atoms with Gasteiger partial charge >= 0.3 is 0 Å². The topological polar surface area (TPSA) is 24.1 Å². The van der Waals surface area contributed by atoms with Gasteiger partial charge in [-0.1, -0.05) is 0 Å². The normalized spacial score (nSPS) is 23.6. The van der Waals surface area contributed by atoms with E-state index in [4.69, 9.17) is 11.8 Å². The van der Waals surface area contributed by atoms with Gasteiger partial charge in [-0.2, -0.15) is 0 Å². The van der Waals surface area contributed by atoms with Gasteiger partial charge in [0, 0.05) is 6.04 Å². The number of hydrogen-bond donors (Lipinski definition) is 2. The molecule has 0 aromatic heterocycles. The van der Waals surface area contributed by atoms with E-state index in [1.165, 1.54) is 0 Å². The largest absolute Gasteiger partial charge is 0.317 e. The van der Waals surface area contributed by atoms with Crippen LogP contribution < -0.4 is 10.2 Å². The van der Waals surface area contributed by atoms with Crippen LogP contribution in [0.4, 0.5) is 0 Å². The summed E-state index contributed by atoms with van der Waals surface area (Å²) in [5.41, 5.74) is 0. The molecule has 1 aliphatic heterocycles. The molecule has 48 valence electrons. The smallest absolute Gasteiger partial charge is 0.0245 e. The lowest BCUT2D eigenvalue weighted by Gasteiger charge is -2.19. The molecule has 8 heavy (non-hydrogen) atoms. The minimum atomic E-state index is 0.540. The molecule has 0 radical (unpaired) electrons. The fraction of sp³-hybridized carbons (Fsp3) is 1.00. The first-order valence-electron chi connectivity index (χ1n) is 3.00. The quantitative estimate of drug-likeness (QED) is 0.510. The van der Waals surface area contributed by atoms with E-state index in [1.807, 2.05) is 0 Å². The zero-order chi connectivity index (χ0) is 5.82. The maximum Gasteiger partial charge on any atom is 0.0245 e. The van der Waals surface area contributed by atoms with E-state index < -0.39 is 0 Å². The van der Waals surface area contributed by atoms with Crippen molar-refractivity contribution in [3.8, 4) is 0 Å². The number of hydrogen-bond acceptors (Lipinski definition) is 2. The van der Waals surface area contributed by atoms with Crippen molar-refractivity contribution in [1.29, 1.82) is 0 Å². The van der Waals surface area contributed by atoms with Crippen LogP contribution in [0.3, 0.4) is 0 Å². The minimum Gasteiger partial charge on any atom is -0.317 e. The Morgan fingerprint density at radius 2 is 2.00 bits per heavy atom. The second kappa shape index (κ2) is 3.28. The summed E-state index contributed by atoms with van der Waals surface area (Å²) in [5, 5.41) is 3.25. The number of halogens is 1. The van der Waals surface area contributed by atoms with Crippen molar-refractivity contribution < 1.29 is 0 Å². The number of rotatable bonds is 1. The average molecular weight is 135 g/mol. The predicted octanol–water partition coefficient (Wildman–Crippen LogP) is 0.482. The Balaban J connectivity index is 2.13. The fourth-order valence-corrected chi connectivity index (χ4v) is 1.15. The highest BCUT2D eigenvalue weighted by Crippen LogP contribution is 2.01. The summed E-state index contributed by atoms with van der Waals surface area (Å²) in [6.45, 7) is 2.20. The maximum atomic E-state index is 5.40. The Hall–Kier alpha value is 0.210. The molecule has 1 fully saturated rings. The molecule has 0 saturated carbocycles. The molecule has 0 atom stereocenters. The summed E-state index contributed by atoms with van der Waals surface area (Å²) in [6.07, 6.45) is 2.31. The van der Waals surface area contributed by atoms with Crippen LogP contribution in [0, 0.1) is 0 Å². The van der Waals surface area contributed by atoms with Gasteiger partial charge in [-0.3, -0.25) is 0 Å². The predicted molar refractivity (Wildman–Crippen MR) is 34.9 cm³/mol. The van der Waals surface area contributed by atoms with Gasteiger partial charge in [0.15, 0.2) is 0 Å². The van der Waals surface area contributed by atoms with Gasteiger partial charge in [0.1, 0.15) is 0 Å².